The number of carbonyl (C=O) groups is 1. The highest BCUT2D eigenvalue weighted by Gasteiger charge is 2.32. The molecule has 0 heterocycles. The van der Waals surface area contributed by atoms with Crippen molar-refractivity contribution in [2.75, 3.05) is 11.9 Å². The van der Waals surface area contributed by atoms with Crippen molar-refractivity contribution in [1.29, 1.82) is 0 Å². The van der Waals surface area contributed by atoms with Gasteiger partial charge in [-0.25, -0.2) is 4.39 Å². The molecule has 2 atom stereocenters. The fraction of sp³-hybridized carbons (Fsp3) is 0.316. The number of hydrogen-bond acceptors (Lipinski definition) is 2. The van der Waals surface area contributed by atoms with Gasteiger partial charge < -0.3 is 11.1 Å². The van der Waals surface area contributed by atoms with Crippen molar-refractivity contribution in [2.24, 2.45) is 17.6 Å². The molecule has 0 radical (unpaired) electrons. The standard InChI is InChI=1S/C19H20ClFN2O/c20-14-6-4-12(5-7-14)17-10-15(21)8-9-18(17)23-19(24)16-3-1-2-13(16)11-22/h4-10,13,16H,1-3,11,22H2,(H,23,24)/t13-,16-/m1/s1. The fourth-order valence-corrected chi connectivity index (χ4v) is 3.51. The molecule has 126 valence electrons. The molecule has 3 nitrogen and oxygen atoms in total. The second-order valence-corrected chi connectivity index (χ2v) is 6.66. The zero-order valence-electron chi connectivity index (χ0n) is 13.3. The molecule has 3 N–H and O–H groups in total. The summed E-state index contributed by atoms with van der Waals surface area (Å²) in [7, 11) is 0. The number of hydrogen-bond donors (Lipinski definition) is 2. The quantitative estimate of drug-likeness (QED) is 0.858. The summed E-state index contributed by atoms with van der Waals surface area (Å²) in [4.78, 5) is 12.6. The first kappa shape index (κ1) is 16.9. The minimum absolute atomic E-state index is 0.0372. The van der Waals surface area contributed by atoms with Crippen molar-refractivity contribution in [3.63, 3.8) is 0 Å². The zero-order valence-corrected chi connectivity index (χ0v) is 14.0. The van der Waals surface area contributed by atoms with Crippen molar-refractivity contribution in [1.82, 2.24) is 0 Å². The molecule has 24 heavy (non-hydrogen) atoms. The van der Waals surface area contributed by atoms with Gasteiger partial charge in [-0.05, 0) is 61.2 Å². The molecule has 5 heteroatoms. The second kappa shape index (κ2) is 7.32. The molecule has 0 aromatic heterocycles. The average Bonchev–Trinajstić information content (AvgIpc) is 3.06. The molecule has 2 aromatic carbocycles. The van der Waals surface area contributed by atoms with E-state index in [4.69, 9.17) is 17.3 Å². The molecule has 1 saturated carbocycles. The van der Waals surface area contributed by atoms with Gasteiger partial charge in [0.2, 0.25) is 5.91 Å². The highest BCUT2D eigenvalue weighted by molar-refractivity contribution is 6.30. The molecule has 3 rings (SSSR count). The van der Waals surface area contributed by atoms with Gasteiger partial charge in [-0.3, -0.25) is 4.79 Å². The molecule has 0 saturated heterocycles. The number of halogens is 2. The Kier molecular flexibility index (Phi) is 5.17. The van der Waals surface area contributed by atoms with Crippen molar-refractivity contribution >= 4 is 23.2 Å². The normalized spacial score (nSPS) is 20.1. The number of rotatable bonds is 4. The molecule has 0 aliphatic heterocycles. The summed E-state index contributed by atoms with van der Waals surface area (Å²) in [6.45, 7) is 0.519. The van der Waals surface area contributed by atoms with Crippen molar-refractivity contribution < 1.29 is 9.18 Å². The predicted octanol–water partition coefficient (Wildman–Crippen LogP) is 4.46. The van der Waals surface area contributed by atoms with E-state index in [1.807, 2.05) is 12.1 Å². The molecule has 1 aliphatic rings. The van der Waals surface area contributed by atoms with Crippen LogP contribution in [0.3, 0.4) is 0 Å². The number of nitrogens with one attached hydrogen (secondary N) is 1. The van der Waals surface area contributed by atoms with Crippen molar-refractivity contribution in [2.45, 2.75) is 19.3 Å². The lowest BCUT2D eigenvalue weighted by atomic mass is 9.95. The summed E-state index contributed by atoms with van der Waals surface area (Å²) in [6, 6.07) is 11.5. The molecule has 2 aromatic rings. The predicted molar refractivity (Wildman–Crippen MR) is 95.4 cm³/mol. The van der Waals surface area contributed by atoms with Crippen LogP contribution in [0, 0.1) is 17.7 Å². The second-order valence-electron chi connectivity index (χ2n) is 6.22. The lowest BCUT2D eigenvalue weighted by Gasteiger charge is -2.19. The number of benzene rings is 2. The number of amides is 1. The topological polar surface area (TPSA) is 55.1 Å². The number of carbonyl (C=O) groups excluding carboxylic acids is 1. The van der Waals surface area contributed by atoms with Gasteiger partial charge in [0.05, 0.1) is 0 Å². The van der Waals surface area contributed by atoms with Crippen LogP contribution in [0.4, 0.5) is 10.1 Å². The molecular weight excluding hydrogens is 327 g/mol. The van der Waals surface area contributed by atoms with Crippen molar-refractivity contribution in [3.05, 3.63) is 53.3 Å². The van der Waals surface area contributed by atoms with Crippen LogP contribution < -0.4 is 11.1 Å². The van der Waals surface area contributed by atoms with Crippen LogP contribution in [0.1, 0.15) is 19.3 Å². The Morgan fingerprint density at radius 1 is 1.21 bits per heavy atom. The lowest BCUT2D eigenvalue weighted by molar-refractivity contribution is -0.120. The minimum Gasteiger partial charge on any atom is -0.330 e. The summed E-state index contributed by atoms with van der Waals surface area (Å²) >= 11 is 5.92. The summed E-state index contributed by atoms with van der Waals surface area (Å²) in [5.41, 5.74) is 7.81. The summed E-state index contributed by atoms with van der Waals surface area (Å²) < 4.78 is 13.7. The molecule has 1 aliphatic carbocycles. The monoisotopic (exact) mass is 346 g/mol. The third kappa shape index (κ3) is 3.60. The maximum atomic E-state index is 13.7. The van der Waals surface area contributed by atoms with E-state index in [0.29, 0.717) is 22.8 Å². The Labute approximate surface area is 146 Å². The molecule has 0 spiro atoms. The average molecular weight is 347 g/mol. The van der Waals surface area contributed by atoms with Gasteiger partial charge in [-0.1, -0.05) is 30.2 Å². The van der Waals surface area contributed by atoms with Gasteiger partial charge in [-0.15, -0.1) is 0 Å². The van der Waals surface area contributed by atoms with Crippen molar-refractivity contribution in [3.8, 4) is 11.1 Å². The summed E-state index contributed by atoms with van der Waals surface area (Å²) in [5.74, 6) is -0.231. The highest BCUT2D eigenvalue weighted by Crippen LogP contribution is 2.34. The first-order chi connectivity index (χ1) is 11.6. The first-order valence-corrected chi connectivity index (χ1v) is 8.52. The summed E-state index contributed by atoms with van der Waals surface area (Å²) in [5, 5.41) is 3.57. The van der Waals surface area contributed by atoms with Gasteiger partial charge in [0, 0.05) is 22.2 Å². The third-order valence-electron chi connectivity index (χ3n) is 4.69. The Morgan fingerprint density at radius 3 is 2.67 bits per heavy atom. The lowest BCUT2D eigenvalue weighted by Crippen LogP contribution is -2.29. The van der Waals surface area contributed by atoms with Crippen LogP contribution in [0.5, 0.6) is 0 Å². The van der Waals surface area contributed by atoms with Crippen LogP contribution in [0.25, 0.3) is 11.1 Å². The van der Waals surface area contributed by atoms with Crippen LogP contribution >= 0.6 is 11.6 Å². The molecule has 0 bridgehead atoms. The van der Waals surface area contributed by atoms with Gasteiger partial charge in [0.1, 0.15) is 5.82 Å². The van der Waals surface area contributed by atoms with Gasteiger partial charge in [0.15, 0.2) is 0 Å². The van der Waals surface area contributed by atoms with Gasteiger partial charge in [0.25, 0.3) is 0 Å². The van der Waals surface area contributed by atoms with E-state index < -0.39 is 0 Å². The Balaban J connectivity index is 1.88. The Morgan fingerprint density at radius 2 is 1.96 bits per heavy atom. The van der Waals surface area contributed by atoms with Crippen LogP contribution in [0.2, 0.25) is 5.02 Å². The van der Waals surface area contributed by atoms with E-state index in [9.17, 15) is 9.18 Å². The first-order valence-electron chi connectivity index (χ1n) is 8.15. The van der Waals surface area contributed by atoms with Gasteiger partial charge in [-0.2, -0.15) is 0 Å². The SMILES string of the molecule is NC[C@H]1CCC[C@H]1C(=O)Nc1ccc(F)cc1-c1ccc(Cl)cc1. The maximum absolute atomic E-state index is 13.7. The summed E-state index contributed by atoms with van der Waals surface area (Å²) in [6.07, 6.45) is 2.86. The minimum atomic E-state index is -0.348. The molecule has 1 fully saturated rings. The van der Waals surface area contributed by atoms with Crippen LogP contribution in [0.15, 0.2) is 42.5 Å². The number of nitrogens with two attached hydrogens (primary N) is 1. The van der Waals surface area contributed by atoms with Crippen LogP contribution in [-0.4, -0.2) is 12.5 Å². The van der Waals surface area contributed by atoms with E-state index in [-0.39, 0.29) is 23.6 Å². The molecule has 1 amide bonds. The third-order valence-corrected chi connectivity index (χ3v) is 4.95. The van der Waals surface area contributed by atoms with Crippen LogP contribution in [-0.2, 0) is 4.79 Å². The van der Waals surface area contributed by atoms with E-state index in [1.165, 1.54) is 12.1 Å². The maximum Gasteiger partial charge on any atom is 0.227 e. The Hall–Kier alpha value is -1.91. The fourth-order valence-electron chi connectivity index (χ4n) is 3.38. The molecule has 0 unspecified atom stereocenters. The molecular formula is C19H20ClFN2O. The van der Waals surface area contributed by atoms with E-state index in [0.717, 1.165) is 24.8 Å². The number of anilines is 1. The van der Waals surface area contributed by atoms with E-state index in [2.05, 4.69) is 5.32 Å². The van der Waals surface area contributed by atoms with E-state index >= 15 is 0 Å². The zero-order chi connectivity index (χ0) is 17.1. The largest absolute Gasteiger partial charge is 0.330 e. The smallest absolute Gasteiger partial charge is 0.227 e. The van der Waals surface area contributed by atoms with Gasteiger partial charge >= 0.3 is 0 Å². The van der Waals surface area contributed by atoms with E-state index in [1.54, 1.807) is 18.2 Å². The Bertz CT molecular complexity index is 733. The highest BCUT2D eigenvalue weighted by atomic mass is 35.5.